The maximum atomic E-state index is 11.8. The summed E-state index contributed by atoms with van der Waals surface area (Å²) in [6.07, 6.45) is 2.05. The van der Waals surface area contributed by atoms with Gasteiger partial charge in [0.15, 0.2) is 0 Å². The standard InChI is InChI=1S/C12H17ClN2OS/c1-8(7-17-2)6-15-12(16)9-3-10(13)5-11(14)4-9/h3-5,8H,6-7,14H2,1-2H3,(H,15,16). The fraction of sp³-hybridized carbons (Fsp3) is 0.417. The van der Waals surface area contributed by atoms with E-state index in [1.165, 1.54) is 0 Å². The summed E-state index contributed by atoms with van der Waals surface area (Å²) in [5.41, 5.74) is 6.64. The number of carbonyl (C=O) groups is 1. The van der Waals surface area contributed by atoms with Gasteiger partial charge in [-0.2, -0.15) is 11.8 Å². The van der Waals surface area contributed by atoms with Crippen molar-refractivity contribution < 1.29 is 4.79 Å². The molecule has 0 spiro atoms. The third-order valence-electron chi connectivity index (χ3n) is 2.24. The second-order valence-corrected chi connectivity index (χ2v) is 5.39. The molecule has 1 rings (SSSR count). The quantitative estimate of drug-likeness (QED) is 0.811. The van der Waals surface area contributed by atoms with Crippen LogP contribution in [-0.2, 0) is 0 Å². The van der Waals surface area contributed by atoms with Crippen molar-refractivity contribution in [3.8, 4) is 0 Å². The lowest BCUT2D eigenvalue weighted by atomic mass is 10.1. The summed E-state index contributed by atoms with van der Waals surface area (Å²) in [7, 11) is 0. The van der Waals surface area contributed by atoms with Crippen molar-refractivity contribution in [1.29, 1.82) is 0 Å². The van der Waals surface area contributed by atoms with Crippen LogP contribution in [0.15, 0.2) is 18.2 Å². The smallest absolute Gasteiger partial charge is 0.251 e. The SMILES string of the molecule is CSCC(C)CNC(=O)c1cc(N)cc(Cl)c1. The molecule has 1 unspecified atom stereocenters. The number of halogens is 1. The molecule has 1 aromatic carbocycles. The zero-order chi connectivity index (χ0) is 12.8. The number of thioether (sulfide) groups is 1. The van der Waals surface area contributed by atoms with Crippen LogP contribution in [0.2, 0.25) is 5.02 Å². The molecule has 0 aromatic heterocycles. The van der Waals surface area contributed by atoms with Crippen molar-refractivity contribution in [3.63, 3.8) is 0 Å². The number of anilines is 1. The highest BCUT2D eigenvalue weighted by molar-refractivity contribution is 7.98. The maximum Gasteiger partial charge on any atom is 0.251 e. The van der Waals surface area contributed by atoms with Gasteiger partial charge in [0.2, 0.25) is 0 Å². The van der Waals surface area contributed by atoms with E-state index in [0.29, 0.717) is 28.7 Å². The predicted molar refractivity (Wildman–Crippen MR) is 75.7 cm³/mol. The minimum Gasteiger partial charge on any atom is -0.399 e. The Morgan fingerprint density at radius 3 is 2.82 bits per heavy atom. The van der Waals surface area contributed by atoms with Crippen LogP contribution in [0, 0.1) is 5.92 Å². The van der Waals surface area contributed by atoms with Crippen molar-refractivity contribution in [1.82, 2.24) is 5.32 Å². The topological polar surface area (TPSA) is 55.1 Å². The van der Waals surface area contributed by atoms with E-state index in [-0.39, 0.29) is 5.91 Å². The predicted octanol–water partition coefficient (Wildman–Crippen LogP) is 2.65. The van der Waals surface area contributed by atoms with Gasteiger partial charge in [0, 0.05) is 22.8 Å². The molecule has 3 N–H and O–H groups in total. The van der Waals surface area contributed by atoms with E-state index in [0.717, 1.165) is 5.75 Å². The molecule has 5 heteroatoms. The average Bonchev–Trinajstić information content (AvgIpc) is 2.25. The molecule has 0 heterocycles. The minimum absolute atomic E-state index is 0.132. The summed E-state index contributed by atoms with van der Waals surface area (Å²) >= 11 is 7.61. The van der Waals surface area contributed by atoms with Crippen molar-refractivity contribution in [2.75, 3.05) is 24.3 Å². The van der Waals surface area contributed by atoms with E-state index in [1.807, 2.05) is 0 Å². The molecule has 17 heavy (non-hydrogen) atoms. The first-order chi connectivity index (χ1) is 8.02. The number of rotatable bonds is 5. The first kappa shape index (κ1) is 14.2. The van der Waals surface area contributed by atoms with Gasteiger partial charge in [-0.1, -0.05) is 18.5 Å². The minimum atomic E-state index is -0.132. The van der Waals surface area contributed by atoms with Gasteiger partial charge in [0.25, 0.3) is 5.91 Å². The van der Waals surface area contributed by atoms with E-state index >= 15 is 0 Å². The third-order valence-corrected chi connectivity index (χ3v) is 3.37. The van der Waals surface area contributed by atoms with Gasteiger partial charge in [-0.15, -0.1) is 0 Å². The zero-order valence-corrected chi connectivity index (χ0v) is 11.6. The van der Waals surface area contributed by atoms with Crippen LogP contribution in [0.3, 0.4) is 0 Å². The van der Waals surface area contributed by atoms with E-state index in [1.54, 1.807) is 30.0 Å². The normalized spacial score (nSPS) is 12.2. The number of nitrogen functional groups attached to an aromatic ring is 1. The highest BCUT2D eigenvalue weighted by Crippen LogP contribution is 2.16. The Morgan fingerprint density at radius 1 is 1.53 bits per heavy atom. The van der Waals surface area contributed by atoms with Gasteiger partial charge in [-0.05, 0) is 36.1 Å². The van der Waals surface area contributed by atoms with E-state index in [9.17, 15) is 4.79 Å². The number of hydrogen-bond acceptors (Lipinski definition) is 3. The van der Waals surface area contributed by atoms with E-state index in [2.05, 4.69) is 18.5 Å². The summed E-state index contributed by atoms with van der Waals surface area (Å²) < 4.78 is 0. The number of nitrogens with two attached hydrogens (primary N) is 1. The van der Waals surface area contributed by atoms with Crippen LogP contribution in [0.1, 0.15) is 17.3 Å². The second-order valence-electron chi connectivity index (χ2n) is 4.04. The molecule has 0 aliphatic carbocycles. The summed E-state index contributed by atoms with van der Waals surface area (Å²) in [5, 5.41) is 3.35. The van der Waals surface area contributed by atoms with Gasteiger partial charge >= 0.3 is 0 Å². The van der Waals surface area contributed by atoms with Crippen molar-refractivity contribution in [2.24, 2.45) is 5.92 Å². The lowest BCUT2D eigenvalue weighted by Crippen LogP contribution is -2.29. The summed E-state index contributed by atoms with van der Waals surface area (Å²) in [6.45, 7) is 2.76. The van der Waals surface area contributed by atoms with Gasteiger partial charge < -0.3 is 11.1 Å². The van der Waals surface area contributed by atoms with Gasteiger partial charge in [-0.3, -0.25) is 4.79 Å². The average molecular weight is 273 g/mol. The zero-order valence-electron chi connectivity index (χ0n) is 10.00. The fourth-order valence-electron chi connectivity index (χ4n) is 1.46. The molecular formula is C12H17ClN2OS. The summed E-state index contributed by atoms with van der Waals surface area (Å²) in [5.74, 6) is 1.34. The molecule has 0 aliphatic rings. The Balaban J connectivity index is 2.58. The van der Waals surface area contributed by atoms with Crippen LogP contribution in [0.25, 0.3) is 0 Å². The van der Waals surface area contributed by atoms with Gasteiger partial charge in [0.1, 0.15) is 0 Å². The third kappa shape index (κ3) is 4.88. The first-order valence-electron chi connectivity index (χ1n) is 5.36. The molecule has 1 atom stereocenters. The number of amides is 1. The lowest BCUT2D eigenvalue weighted by Gasteiger charge is -2.11. The van der Waals surface area contributed by atoms with Crippen LogP contribution >= 0.6 is 23.4 Å². The molecule has 0 fully saturated rings. The first-order valence-corrected chi connectivity index (χ1v) is 7.13. The van der Waals surface area contributed by atoms with Crippen LogP contribution in [0.5, 0.6) is 0 Å². The Labute approximate surface area is 111 Å². The molecule has 0 bridgehead atoms. The van der Waals surface area contributed by atoms with Crippen molar-refractivity contribution >= 4 is 35.0 Å². The summed E-state index contributed by atoms with van der Waals surface area (Å²) in [4.78, 5) is 11.8. The highest BCUT2D eigenvalue weighted by Gasteiger charge is 2.09. The Morgan fingerprint density at radius 2 is 2.24 bits per heavy atom. The Bertz CT molecular complexity index is 378. The van der Waals surface area contributed by atoms with Gasteiger partial charge in [-0.25, -0.2) is 0 Å². The molecule has 94 valence electrons. The van der Waals surface area contributed by atoms with Gasteiger partial charge in [0.05, 0.1) is 0 Å². The van der Waals surface area contributed by atoms with Crippen LogP contribution < -0.4 is 11.1 Å². The number of carbonyl (C=O) groups excluding carboxylic acids is 1. The number of hydrogen-bond donors (Lipinski definition) is 2. The Hall–Kier alpha value is -0.870. The molecule has 1 amide bonds. The summed E-state index contributed by atoms with van der Waals surface area (Å²) in [6, 6.07) is 4.86. The molecular weight excluding hydrogens is 256 g/mol. The highest BCUT2D eigenvalue weighted by atomic mass is 35.5. The van der Waals surface area contributed by atoms with Crippen LogP contribution in [-0.4, -0.2) is 24.5 Å². The fourth-order valence-corrected chi connectivity index (χ4v) is 2.39. The second kappa shape index (κ2) is 6.77. The molecule has 0 aliphatic heterocycles. The van der Waals surface area contributed by atoms with Crippen molar-refractivity contribution in [2.45, 2.75) is 6.92 Å². The van der Waals surface area contributed by atoms with Crippen molar-refractivity contribution in [3.05, 3.63) is 28.8 Å². The molecule has 3 nitrogen and oxygen atoms in total. The lowest BCUT2D eigenvalue weighted by molar-refractivity contribution is 0.0949. The number of nitrogens with one attached hydrogen (secondary N) is 1. The van der Waals surface area contributed by atoms with Crippen LogP contribution in [0.4, 0.5) is 5.69 Å². The Kier molecular flexibility index (Phi) is 5.65. The number of benzene rings is 1. The molecule has 1 aromatic rings. The largest absolute Gasteiger partial charge is 0.399 e. The molecule has 0 saturated carbocycles. The van der Waals surface area contributed by atoms with E-state index in [4.69, 9.17) is 17.3 Å². The van der Waals surface area contributed by atoms with E-state index < -0.39 is 0 Å². The monoisotopic (exact) mass is 272 g/mol. The molecule has 0 saturated heterocycles. The maximum absolute atomic E-state index is 11.8. The molecule has 0 radical (unpaired) electrons.